The summed E-state index contributed by atoms with van der Waals surface area (Å²) in [4.78, 5) is 0. The molecule has 0 radical (unpaired) electrons. The first kappa shape index (κ1) is 14.0. The molecule has 1 rings (SSSR count). The number of aryl methyl sites for hydroxylation is 2. The minimum atomic E-state index is 0.317. The first-order valence-electron chi connectivity index (χ1n) is 6.40. The van der Waals surface area contributed by atoms with E-state index in [2.05, 4.69) is 33.8 Å². The van der Waals surface area contributed by atoms with Gasteiger partial charge in [-0.25, -0.2) is 0 Å². The Hall–Kier alpha value is -1.02. The minimum Gasteiger partial charge on any atom is -0.496 e. The molecule has 2 nitrogen and oxygen atoms in total. The van der Waals surface area contributed by atoms with E-state index in [1.807, 2.05) is 0 Å². The van der Waals surface area contributed by atoms with Crippen molar-refractivity contribution in [2.24, 2.45) is 5.73 Å². The molecule has 0 spiro atoms. The summed E-state index contributed by atoms with van der Waals surface area (Å²) in [6.45, 7) is 8.55. The molecule has 0 saturated carbocycles. The zero-order valence-corrected chi connectivity index (χ0v) is 11.8. The molecule has 0 saturated heterocycles. The summed E-state index contributed by atoms with van der Waals surface area (Å²) in [5.74, 6) is 1.02. The Kier molecular flexibility index (Phi) is 5.01. The van der Waals surface area contributed by atoms with Crippen LogP contribution in [0.2, 0.25) is 0 Å². The van der Waals surface area contributed by atoms with Gasteiger partial charge in [-0.2, -0.15) is 0 Å². The van der Waals surface area contributed by atoms with E-state index >= 15 is 0 Å². The first-order valence-corrected chi connectivity index (χ1v) is 6.40. The summed E-state index contributed by atoms with van der Waals surface area (Å²) < 4.78 is 5.43. The van der Waals surface area contributed by atoms with E-state index in [1.165, 1.54) is 22.3 Å². The summed E-state index contributed by atoms with van der Waals surface area (Å²) >= 11 is 0. The predicted molar refractivity (Wildman–Crippen MR) is 73.8 cm³/mol. The van der Waals surface area contributed by atoms with Crippen molar-refractivity contribution in [1.29, 1.82) is 0 Å². The van der Waals surface area contributed by atoms with Gasteiger partial charge in [-0.15, -0.1) is 0 Å². The highest BCUT2D eigenvalue weighted by atomic mass is 16.5. The van der Waals surface area contributed by atoms with Crippen LogP contribution in [-0.4, -0.2) is 13.2 Å². The lowest BCUT2D eigenvalue weighted by Gasteiger charge is -2.16. The molecule has 1 atom stereocenters. The maximum atomic E-state index is 5.98. The zero-order chi connectivity index (χ0) is 13.0. The van der Waals surface area contributed by atoms with Crippen molar-refractivity contribution in [2.75, 3.05) is 7.11 Å². The van der Waals surface area contributed by atoms with Gasteiger partial charge in [-0.05, 0) is 62.3 Å². The van der Waals surface area contributed by atoms with Crippen molar-refractivity contribution in [3.05, 3.63) is 28.3 Å². The number of benzene rings is 1. The number of nitrogens with two attached hydrogens (primary N) is 1. The van der Waals surface area contributed by atoms with E-state index in [-0.39, 0.29) is 0 Å². The summed E-state index contributed by atoms with van der Waals surface area (Å²) in [5.41, 5.74) is 11.2. The fourth-order valence-electron chi connectivity index (χ4n) is 2.26. The molecule has 96 valence electrons. The molecule has 0 aliphatic carbocycles. The lowest BCUT2D eigenvalue weighted by atomic mass is 9.94. The molecule has 0 bridgehead atoms. The van der Waals surface area contributed by atoms with Crippen LogP contribution in [-0.2, 0) is 6.42 Å². The van der Waals surface area contributed by atoms with Crippen LogP contribution in [0, 0.1) is 20.8 Å². The molecule has 0 aromatic heterocycles. The molecule has 17 heavy (non-hydrogen) atoms. The van der Waals surface area contributed by atoms with Crippen LogP contribution in [0.3, 0.4) is 0 Å². The molecule has 0 heterocycles. The van der Waals surface area contributed by atoms with Gasteiger partial charge in [0.2, 0.25) is 0 Å². The van der Waals surface area contributed by atoms with E-state index in [9.17, 15) is 0 Å². The SMILES string of the molecule is CCC(N)CCc1cc(C)c(OC)c(C)c1C. The molecular formula is C15H25NO. The number of hydrogen-bond donors (Lipinski definition) is 1. The molecule has 1 aromatic carbocycles. The highest BCUT2D eigenvalue weighted by Crippen LogP contribution is 2.29. The van der Waals surface area contributed by atoms with Gasteiger partial charge < -0.3 is 10.5 Å². The second-order valence-electron chi connectivity index (χ2n) is 4.84. The number of methoxy groups -OCH3 is 1. The van der Waals surface area contributed by atoms with Crippen LogP contribution in [0.25, 0.3) is 0 Å². The number of rotatable bonds is 5. The fraction of sp³-hybridized carbons (Fsp3) is 0.600. The van der Waals surface area contributed by atoms with Gasteiger partial charge in [0, 0.05) is 6.04 Å². The summed E-state index contributed by atoms with van der Waals surface area (Å²) in [7, 11) is 1.74. The molecular weight excluding hydrogens is 210 g/mol. The predicted octanol–water partition coefficient (Wildman–Crippen LogP) is 3.29. The van der Waals surface area contributed by atoms with Gasteiger partial charge in [0.1, 0.15) is 5.75 Å². The van der Waals surface area contributed by atoms with E-state index in [4.69, 9.17) is 10.5 Å². The smallest absolute Gasteiger partial charge is 0.124 e. The van der Waals surface area contributed by atoms with Crippen molar-refractivity contribution in [1.82, 2.24) is 0 Å². The van der Waals surface area contributed by atoms with E-state index in [1.54, 1.807) is 7.11 Å². The highest BCUT2D eigenvalue weighted by Gasteiger charge is 2.11. The lowest BCUT2D eigenvalue weighted by Crippen LogP contribution is -2.19. The van der Waals surface area contributed by atoms with Crippen LogP contribution in [0.4, 0.5) is 0 Å². The topological polar surface area (TPSA) is 35.2 Å². The summed E-state index contributed by atoms with van der Waals surface area (Å²) in [5, 5.41) is 0. The monoisotopic (exact) mass is 235 g/mol. The molecule has 1 aromatic rings. The Morgan fingerprint density at radius 2 is 1.88 bits per heavy atom. The third-order valence-corrected chi connectivity index (χ3v) is 3.65. The van der Waals surface area contributed by atoms with Gasteiger partial charge in [0.25, 0.3) is 0 Å². The largest absolute Gasteiger partial charge is 0.496 e. The lowest BCUT2D eigenvalue weighted by molar-refractivity contribution is 0.408. The minimum absolute atomic E-state index is 0.317. The second kappa shape index (κ2) is 6.06. The maximum absolute atomic E-state index is 5.98. The van der Waals surface area contributed by atoms with Crippen LogP contribution >= 0.6 is 0 Å². The fourth-order valence-corrected chi connectivity index (χ4v) is 2.26. The highest BCUT2D eigenvalue weighted by molar-refractivity contribution is 5.49. The molecule has 2 N–H and O–H groups in total. The summed E-state index contributed by atoms with van der Waals surface area (Å²) in [6.07, 6.45) is 3.17. The van der Waals surface area contributed by atoms with Crippen molar-refractivity contribution < 1.29 is 4.74 Å². The Bertz CT molecular complexity index is 385. The Balaban J connectivity index is 2.94. The first-order chi connectivity index (χ1) is 8.01. The third-order valence-electron chi connectivity index (χ3n) is 3.65. The van der Waals surface area contributed by atoms with Crippen LogP contribution in [0.15, 0.2) is 6.07 Å². The van der Waals surface area contributed by atoms with E-state index in [0.29, 0.717) is 6.04 Å². The van der Waals surface area contributed by atoms with Crippen molar-refractivity contribution >= 4 is 0 Å². The van der Waals surface area contributed by atoms with Gasteiger partial charge in [-0.1, -0.05) is 13.0 Å². The molecule has 0 aliphatic rings. The Morgan fingerprint density at radius 1 is 1.24 bits per heavy atom. The number of hydrogen-bond acceptors (Lipinski definition) is 2. The van der Waals surface area contributed by atoms with Gasteiger partial charge in [0.05, 0.1) is 7.11 Å². The van der Waals surface area contributed by atoms with Crippen LogP contribution in [0.1, 0.15) is 42.0 Å². The average molecular weight is 235 g/mol. The second-order valence-corrected chi connectivity index (χ2v) is 4.84. The third kappa shape index (κ3) is 3.22. The normalized spacial score (nSPS) is 12.6. The molecule has 0 fully saturated rings. The number of ether oxygens (including phenoxy) is 1. The summed E-state index contributed by atoms with van der Waals surface area (Å²) in [6, 6.07) is 2.56. The van der Waals surface area contributed by atoms with Crippen molar-refractivity contribution in [2.45, 2.75) is 53.0 Å². The van der Waals surface area contributed by atoms with Crippen molar-refractivity contribution in [3.8, 4) is 5.75 Å². The zero-order valence-electron chi connectivity index (χ0n) is 11.8. The van der Waals surface area contributed by atoms with Crippen molar-refractivity contribution in [3.63, 3.8) is 0 Å². The van der Waals surface area contributed by atoms with E-state index < -0.39 is 0 Å². The van der Waals surface area contributed by atoms with Crippen LogP contribution in [0.5, 0.6) is 5.75 Å². The maximum Gasteiger partial charge on any atom is 0.124 e. The van der Waals surface area contributed by atoms with Gasteiger partial charge >= 0.3 is 0 Å². The van der Waals surface area contributed by atoms with E-state index in [0.717, 1.165) is 25.0 Å². The average Bonchev–Trinajstić information content (AvgIpc) is 2.32. The van der Waals surface area contributed by atoms with Gasteiger partial charge in [0.15, 0.2) is 0 Å². The van der Waals surface area contributed by atoms with Crippen LogP contribution < -0.4 is 10.5 Å². The Morgan fingerprint density at radius 3 is 2.41 bits per heavy atom. The molecule has 0 amide bonds. The quantitative estimate of drug-likeness (QED) is 0.850. The molecule has 2 heteroatoms. The molecule has 1 unspecified atom stereocenters. The van der Waals surface area contributed by atoms with Gasteiger partial charge in [-0.3, -0.25) is 0 Å². The standard InChI is InChI=1S/C15H25NO/c1-6-14(16)8-7-13-9-10(2)15(17-5)12(4)11(13)3/h9,14H,6-8,16H2,1-5H3. The molecule has 0 aliphatic heterocycles. The Labute approximate surface area is 105 Å².